The number of hydrogen-bond donors (Lipinski definition) is 2. The molecule has 2 atom stereocenters. The summed E-state index contributed by atoms with van der Waals surface area (Å²) in [5.74, 6) is -0.0171. The van der Waals surface area contributed by atoms with E-state index in [0.29, 0.717) is 22.5 Å². The van der Waals surface area contributed by atoms with Gasteiger partial charge in [0, 0.05) is 35.2 Å². The lowest BCUT2D eigenvalue weighted by atomic mass is 9.66. The quantitative estimate of drug-likeness (QED) is 0.493. The van der Waals surface area contributed by atoms with E-state index in [1.807, 2.05) is 43.2 Å². The van der Waals surface area contributed by atoms with E-state index < -0.39 is 11.0 Å². The number of amides is 1. The number of anilines is 2. The van der Waals surface area contributed by atoms with Crippen molar-refractivity contribution in [3.8, 4) is 0 Å². The standard InChI is InChI=1S/C28H35N3O3S2/c1-26(2)24(17-34-26)30-36(33)21-6-4-5-19(15-21)25(32)31-18-28(13-11-27(9-10-27)12-14-28)22-16-20(29-35-3)7-8-23(22)31/h4-8,15-16,24,29-30H,9-14,17-18H2,1-3H3. The Morgan fingerprint density at radius 1 is 1.08 bits per heavy atom. The summed E-state index contributed by atoms with van der Waals surface area (Å²) in [7, 11) is -1.41. The average Bonchev–Trinajstić information content (AvgIpc) is 3.58. The third-order valence-electron chi connectivity index (χ3n) is 9.01. The Balaban J connectivity index is 1.27. The molecule has 2 N–H and O–H groups in total. The minimum absolute atomic E-state index is 0.0171. The van der Waals surface area contributed by atoms with E-state index in [2.05, 4.69) is 27.6 Å². The predicted octanol–water partition coefficient (Wildman–Crippen LogP) is 5.42. The first-order valence-electron chi connectivity index (χ1n) is 12.9. The van der Waals surface area contributed by atoms with Gasteiger partial charge in [0.25, 0.3) is 5.91 Å². The Kier molecular flexibility index (Phi) is 6.02. The first-order valence-corrected chi connectivity index (χ1v) is 15.3. The number of rotatable bonds is 6. The van der Waals surface area contributed by atoms with Crippen molar-refractivity contribution in [1.82, 2.24) is 4.72 Å². The second-order valence-corrected chi connectivity index (χ2v) is 13.4. The molecule has 6 rings (SSSR count). The SMILES string of the molecule is CSNc1ccc2c(c1)C1(CCC3(CC3)CC1)CN2C(=O)c1cccc(S(=O)NC2COC2(C)C)c1. The van der Waals surface area contributed by atoms with Crippen LogP contribution in [0.25, 0.3) is 0 Å². The highest BCUT2D eigenvalue weighted by molar-refractivity contribution is 7.99. The van der Waals surface area contributed by atoms with Crippen molar-refractivity contribution in [3.63, 3.8) is 0 Å². The fraction of sp³-hybridized carbons (Fsp3) is 0.536. The number of ether oxygens (including phenoxy) is 1. The van der Waals surface area contributed by atoms with Crippen LogP contribution in [0.4, 0.5) is 11.4 Å². The maximum absolute atomic E-state index is 13.9. The lowest BCUT2D eigenvalue weighted by Crippen LogP contribution is -2.61. The topological polar surface area (TPSA) is 70.7 Å². The highest BCUT2D eigenvalue weighted by Gasteiger charge is 2.53. The van der Waals surface area contributed by atoms with Crippen LogP contribution in [0, 0.1) is 5.41 Å². The molecule has 192 valence electrons. The van der Waals surface area contributed by atoms with Gasteiger partial charge in [-0.25, -0.2) is 8.93 Å². The van der Waals surface area contributed by atoms with Gasteiger partial charge in [0.15, 0.2) is 0 Å². The van der Waals surface area contributed by atoms with Crippen molar-refractivity contribution in [2.75, 3.05) is 29.0 Å². The summed E-state index contributed by atoms with van der Waals surface area (Å²) in [5.41, 5.74) is 4.27. The van der Waals surface area contributed by atoms with E-state index in [1.165, 1.54) is 31.2 Å². The zero-order chi connectivity index (χ0) is 25.1. The second-order valence-electron chi connectivity index (χ2n) is 11.6. The minimum Gasteiger partial charge on any atom is -0.372 e. The number of carbonyl (C=O) groups is 1. The molecule has 2 heterocycles. The van der Waals surface area contributed by atoms with Crippen molar-refractivity contribution >= 4 is 40.2 Å². The van der Waals surface area contributed by atoms with E-state index in [4.69, 9.17) is 4.74 Å². The van der Waals surface area contributed by atoms with Crippen LogP contribution in [0.2, 0.25) is 0 Å². The molecular formula is C28H35N3O3S2. The highest BCUT2D eigenvalue weighted by Crippen LogP contribution is 2.62. The van der Waals surface area contributed by atoms with E-state index in [-0.39, 0.29) is 23.0 Å². The molecule has 2 aliphatic carbocycles. The second kappa shape index (κ2) is 8.86. The summed E-state index contributed by atoms with van der Waals surface area (Å²) in [6.07, 6.45) is 9.57. The molecule has 4 aliphatic rings. The lowest BCUT2D eigenvalue weighted by Gasteiger charge is -2.44. The fourth-order valence-electron chi connectivity index (χ4n) is 6.17. The monoisotopic (exact) mass is 525 g/mol. The number of fused-ring (bicyclic) bond motifs is 2. The third kappa shape index (κ3) is 4.20. The van der Waals surface area contributed by atoms with E-state index >= 15 is 0 Å². The van der Waals surface area contributed by atoms with Gasteiger partial charge in [0.1, 0.15) is 11.0 Å². The normalized spacial score (nSPS) is 25.3. The minimum atomic E-state index is -1.41. The fourth-order valence-corrected chi connectivity index (χ4v) is 7.71. The first-order chi connectivity index (χ1) is 17.2. The highest BCUT2D eigenvalue weighted by atomic mass is 32.2. The maximum atomic E-state index is 13.9. The number of hydrogen-bond acceptors (Lipinski definition) is 5. The zero-order valence-corrected chi connectivity index (χ0v) is 22.9. The Labute approximate surface area is 220 Å². The Hall–Kier alpha value is -1.87. The van der Waals surface area contributed by atoms with Crippen LogP contribution in [0.1, 0.15) is 68.3 Å². The molecule has 1 amide bonds. The molecule has 3 fully saturated rings. The van der Waals surface area contributed by atoms with Gasteiger partial charge in [-0.05, 0) is 99.7 Å². The molecule has 0 bridgehead atoms. The molecule has 8 heteroatoms. The van der Waals surface area contributed by atoms with E-state index in [1.54, 1.807) is 18.0 Å². The largest absolute Gasteiger partial charge is 0.372 e. The van der Waals surface area contributed by atoms with Gasteiger partial charge < -0.3 is 14.4 Å². The Morgan fingerprint density at radius 3 is 2.47 bits per heavy atom. The summed E-state index contributed by atoms with van der Waals surface area (Å²) in [4.78, 5) is 16.5. The van der Waals surface area contributed by atoms with Crippen molar-refractivity contribution < 1.29 is 13.7 Å². The number of carbonyl (C=O) groups excluding carboxylic acids is 1. The van der Waals surface area contributed by atoms with Gasteiger partial charge in [-0.1, -0.05) is 18.0 Å². The Morgan fingerprint density at radius 2 is 1.83 bits per heavy atom. The molecule has 2 aromatic carbocycles. The van der Waals surface area contributed by atoms with Gasteiger partial charge in [0.05, 0.1) is 23.1 Å². The number of benzene rings is 2. The van der Waals surface area contributed by atoms with Gasteiger partial charge in [-0.3, -0.25) is 4.79 Å². The predicted molar refractivity (Wildman–Crippen MR) is 147 cm³/mol. The van der Waals surface area contributed by atoms with Crippen molar-refractivity contribution in [2.24, 2.45) is 5.41 Å². The Bertz CT molecular complexity index is 1220. The van der Waals surface area contributed by atoms with Gasteiger partial charge in [0.2, 0.25) is 0 Å². The van der Waals surface area contributed by atoms with Crippen molar-refractivity contribution in [3.05, 3.63) is 53.6 Å². The van der Waals surface area contributed by atoms with E-state index in [9.17, 15) is 9.00 Å². The summed E-state index contributed by atoms with van der Waals surface area (Å²) >= 11 is 1.59. The van der Waals surface area contributed by atoms with Gasteiger partial charge in [-0.2, -0.15) is 0 Å². The molecular weight excluding hydrogens is 490 g/mol. The molecule has 2 aromatic rings. The molecule has 2 unspecified atom stereocenters. The zero-order valence-electron chi connectivity index (χ0n) is 21.3. The maximum Gasteiger partial charge on any atom is 0.258 e. The lowest BCUT2D eigenvalue weighted by molar-refractivity contribution is -0.146. The number of nitrogens with zero attached hydrogens (tertiary/aromatic N) is 1. The molecule has 1 saturated heterocycles. The molecule has 0 radical (unpaired) electrons. The van der Waals surface area contributed by atoms with Crippen molar-refractivity contribution in [1.29, 1.82) is 0 Å². The van der Waals surface area contributed by atoms with Gasteiger partial charge in [-0.15, -0.1) is 0 Å². The van der Waals surface area contributed by atoms with Crippen LogP contribution >= 0.6 is 11.9 Å². The summed E-state index contributed by atoms with van der Waals surface area (Å²) in [5, 5.41) is 0. The van der Waals surface area contributed by atoms with Crippen molar-refractivity contribution in [2.45, 2.75) is 74.3 Å². The van der Waals surface area contributed by atoms with Crippen LogP contribution in [0.15, 0.2) is 47.4 Å². The molecule has 2 spiro atoms. The molecule has 2 saturated carbocycles. The molecule has 6 nitrogen and oxygen atoms in total. The first kappa shape index (κ1) is 24.5. The van der Waals surface area contributed by atoms with Gasteiger partial charge >= 0.3 is 0 Å². The van der Waals surface area contributed by atoms with Crippen LogP contribution in [0.3, 0.4) is 0 Å². The smallest absolute Gasteiger partial charge is 0.258 e. The molecule has 2 aliphatic heterocycles. The third-order valence-corrected chi connectivity index (χ3v) is 10.6. The van der Waals surface area contributed by atoms with Crippen LogP contribution in [-0.2, 0) is 21.1 Å². The van der Waals surface area contributed by atoms with Crippen LogP contribution in [-0.4, -0.2) is 41.2 Å². The molecule has 36 heavy (non-hydrogen) atoms. The average molecular weight is 526 g/mol. The van der Waals surface area contributed by atoms with E-state index in [0.717, 1.165) is 30.8 Å². The van der Waals surface area contributed by atoms with Crippen LogP contribution < -0.4 is 14.3 Å². The van der Waals surface area contributed by atoms with Crippen LogP contribution in [0.5, 0.6) is 0 Å². The number of nitrogens with one attached hydrogen (secondary N) is 2. The summed E-state index contributed by atoms with van der Waals surface area (Å²) in [6, 6.07) is 13.7. The summed E-state index contributed by atoms with van der Waals surface area (Å²) in [6.45, 7) is 5.24. The molecule has 0 aromatic heterocycles. The summed E-state index contributed by atoms with van der Waals surface area (Å²) < 4.78 is 25.2.